The van der Waals surface area contributed by atoms with Crippen LogP contribution in [0.15, 0.2) is 200 Å². The Kier molecular flexibility index (Phi) is 25.1. The summed E-state index contributed by atoms with van der Waals surface area (Å²) in [6.45, 7) is -0.0378. The number of aliphatic hydroxyl groups is 2. The van der Waals surface area contributed by atoms with Crippen molar-refractivity contribution in [2.75, 3.05) is 26.4 Å². The van der Waals surface area contributed by atoms with Gasteiger partial charge in [-0.1, -0.05) is 200 Å². The smallest absolute Gasteiger partial charge is 0.407 e. The van der Waals surface area contributed by atoms with Crippen molar-refractivity contribution in [1.29, 1.82) is 0 Å². The number of hydrogen-bond donors (Lipinski definition) is 7. The number of amides is 3. The van der Waals surface area contributed by atoms with Crippen LogP contribution < -0.4 is 16.0 Å². The maximum absolute atomic E-state index is 14.7. The van der Waals surface area contributed by atoms with Crippen LogP contribution in [0.3, 0.4) is 0 Å². The molecule has 3 aliphatic heterocycles. The van der Waals surface area contributed by atoms with Gasteiger partial charge in [0.2, 0.25) is 11.8 Å². The molecule has 99 heavy (non-hydrogen) atoms. The molecule has 0 spiro atoms. The van der Waals surface area contributed by atoms with Crippen LogP contribution in [0.2, 0.25) is 0 Å². The first kappa shape index (κ1) is 71.9. The first-order valence-electron chi connectivity index (χ1n) is 32.4. The first-order valence-corrected chi connectivity index (χ1v) is 33.7. The van der Waals surface area contributed by atoms with Gasteiger partial charge in [-0.15, -0.1) is 0 Å². The van der Waals surface area contributed by atoms with Gasteiger partial charge in [0.1, 0.15) is 79.7 Å². The second-order valence-electron chi connectivity index (χ2n) is 24.2. The molecule has 11 rings (SSSR count). The van der Waals surface area contributed by atoms with Crippen molar-refractivity contribution in [2.24, 2.45) is 0 Å². The van der Waals surface area contributed by atoms with Gasteiger partial charge < -0.3 is 83.4 Å². The van der Waals surface area contributed by atoms with E-state index in [1.165, 1.54) is 0 Å². The average molecular weight is 1380 g/mol. The number of nitrogens with one attached hydrogen (secondary N) is 3. The number of carboxylic acids is 1. The zero-order valence-electron chi connectivity index (χ0n) is 53.9. The summed E-state index contributed by atoms with van der Waals surface area (Å²) in [7, 11) is -5.46. The van der Waals surface area contributed by atoms with E-state index < -0.39 is 146 Å². The topological polar surface area (TPSA) is 330 Å². The SMILES string of the molecule is CC(=O)N[C@@H]1[C@@H](O[C@@H]2O[C@H](COCc3ccccc3)[C@H](O)[C@H](OS(=O)(=O)O)[C@H]2O)[C@H](O[C@@H]2OC[C@@H](OCc3ccccc3)[C@@H](OCc3ccccc3)[C@@H]2OCc2ccccc2)[C@@H](COCc2ccccc2)O[C@H]1NC(=O)C[C@H](NC(=O)OCC1c2ccccc2-c2ccccc21)C(=O)O. The van der Waals surface area contributed by atoms with Gasteiger partial charge in [-0.05, 0) is 50.1 Å². The summed E-state index contributed by atoms with van der Waals surface area (Å²) in [5.74, 6) is -3.82. The van der Waals surface area contributed by atoms with Crippen LogP contribution in [0.1, 0.15) is 58.2 Å². The van der Waals surface area contributed by atoms with E-state index in [2.05, 4.69) is 16.0 Å². The van der Waals surface area contributed by atoms with E-state index >= 15 is 0 Å². The fourth-order valence-corrected chi connectivity index (χ4v) is 13.0. The van der Waals surface area contributed by atoms with Crippen LogP contribution in [-0.4, -0.2) is 171 Å². The third-order valence-corrected chi connectivity index (χ3v) is 17.7. The molecular weight excluding hydrogens is 1300 g/mol. The highest BCUT2D eigenvalue weighted by molar-refractivity contribution is 7.80. The van der Waals surface area contributed by atoms with Gasteiger partial charge in [0.05, 0.1) is 59.3 Å². The number of aliphatic hydroxyl groups excluding tert-OH is 2. The number of ether oxygens (including phenoxy) is 11. The van der Waals surface area contributed by atoms with Crippen LogP contribution in [0.5, 0.6) is 0 Å². The van der Waals surface area contributed by atoms with Crippen LogP contribution >= 0.6 is 0 Å². The Labute approximate surface area is 572 Å². The van der Waals surface area contributed by atoms with E-state index in [1.54, 1.807) is 42.5 Å². The number of rotatable bonds is 31. The Balaban J connectivity index is 0.943. The minimum absolute atomic E-state index is 0.0283. The predicted molar refractivity (Wildman–Crippen MR) is 352 cm³/mol. The van der Waals surface area contributed by atoms with Crippen molar-refractivity contribution in [3.05, 3.63) is 239 Å². The molecule has 3 saturated heterocycles. The molecule has 26 heteroatoms. The molecule has 1 aliphatic carbocycles. The van der Waals surface area contributed by atoms with Crippen molar-refractivity contribution >= 4 is 34.3 Å². The Morgan fingerprint density at radius 2 is 1.00 bits per heavy atom. The van der Waals surface area contributed by atoms with Crippen LogP contribution in [0.4, 0.5) is 4.79 Å². The number of aliphatic carboxylic acids is 1. The fourth-order valence-electron chi connectivity index (χ4n) is 12.4. The molecule has 15 atom stereocenters. The highest BCUT2D eigenvalue weighted by atomic mass is 32.3. The Bertz CT molecular complexity index is 3810. The lowest BCUT2D eigenvalue weighted by molar-refractivity contribution is -0.361. The highest BCUT2D eigenvalue weighted by Gasteiger charge is 2.56. The van der Waals surface area contributed by atoms with Crippen molar-refractivity contribution in [3.8, 4) is 11.1 Å². The molecule has 3 heterocycles. The van der Waals surface area contributed by atoms with Gasteiger partial charge in [0, 0.05) is 12.8 Å². The first-order chi connectivity index (χ1) is 48.0. The van der Waals surface area contributed by atoms with E-state index in [1.807, 2.05) is 158 Å². The van der Waals surface area contributed by atoms with Gasteiger partial charge >= 0.3 is 22.5 Å². The summed E-state index contributed by atoms with van der Waals surface area (Å²) >= 11 is 0. The van der Waals surface area contributed by atoms with Crippen LogP contribution in [-0.2, 0) is 114 Å². The lowest BCUT2D eigenvalue weighted by Gasteiger charge is -2.51. The number of benzene rings is 7. The number of carbonyl (C=O) groups excluding carboxylic acids is 3. The summed E-state index contributed by atoms with van der Waals surface area (Å²) in [4.78, 5) is 55.2. The minimum atomic E-state index is -5.46. The Morgan fingerprint density at radius 1 is 0.525 bits per heavy atom. The summed E-state index contributed by atoms with van der Waals surface area (Å²) < 4.78 is 113. The standard InChI is InChI=1S/C73H79N3O22S/c1-45(77)74-61-66(97-71-63(80)67(98-99(84,85)86)62(79)57(95-71)42-87-36-46-21-7-2-8-22-46)65(96-72-68(91-40-50-29-15-6-16-30-50)64(90-39-49-27-13-5-14-28-49)58(44-92-72)89-38-48-25-11-4-12-26-48)59(43-88-37-47-23-9-3-10-24-47)94-69(61)76-60(78)35-56(70(81)82)75-73(83)93-41-55-53-33-19-17-31-51(53)52-32-18-20-34-54(52)55/h2-34,55-59,61-69,71-72,79-80H,35-44H2,1H3,(H,74,77)(H,75,83)(H,76,78)(H,81,82)(H,84,85,86)/t56-,57+,58+,59+,61+,62-,63+,64+,65+,66+,67-,68-,69+,71-,72-/m0/s1. The summed E-state index contributed by atoms with van der Waals surface area (Å²) in [5, 5.41) is 42.3. The lowest BCUT2D eigenvalue weighted by Crippen LogP contribution is -2.72. The molecule has 0 saturated carbocycles. The molecule has 7 aromatic carbocycles. The second-order valence-corrected chi connectivity index (χ2v) is 25.3. The third kappa shape index (κ3) is 19.5. The van der Waals surface area contributed by atoms with E-state index in [-0.39, 0.29) is 52.2 Å². The van der Waals surface area contributed by atoms with Crippen molar-refractivity contribution in [3.63, 3.8) is 0 Å². The fraction of sp³-hybridized carbons (Fsp3) is 0.370. The number of fused-ring (bicyclic) bond motifs is 3. The molecule has 0 radical (unpaired) electrons. The van der Waals surface area contributed by atoms with Crippen molar-refractivity contribution < 1.29 is 104 Å². The van der Waals surface area contributed by atoms with E-state index in [0.717, 1.165) is 51.4 Å². The summed E-state index contributed by atoms with van der Waals surface area (Å²) in [6.07, 6.45) is -23.5. The number of carboxylic acid groups (broad SMARTS) is 1. The van der Waals surface area contributed by atoms with Gasteiger partial charge in [-0.3, -0.25) is 14.1 Å². The van der Waals surface area contributed by atoms with E-state index in [0.29, 0.717) is 5.56 Å². The molecule has 524 valence electrons. The second kappa shape index (κ2) is 34.6. The lowest BCUT2D eigenvalue weighted by atomic mass is 9.93. The molecule has 0 unspecified atom stereocenters. The average Bonchev–Trinajstić information content (AvgIpc) is 1.56. The minimum Gasteiger partial charge on any atom is -0.480 e. The van der Waals surface area contributed by atoms with E-state index in [9.17, 15) is 47.5 Å². The maximum Gasteiger partial charge on any atom is 0.407 e. The largest absolute Gasteiger partial charge is 0.480 e. The molecule has 0 bridgehead atoms. The zero-order chi connectivity index (χ0) is 69.3. The third-order valence-electron chi connectivity index (χ3n) is 17.2. The number of carbonyl (C=O) groups is 4. The predicted octanol–water partition coefficient (Wildman–Crippen LogP) is 6.67. The monoisotopic (exact) mass is 1380 g/mol. The molecule has 7 N–H and O–H groups in total. The van der Waals surface area contributed by atoms with Gasteiger partial charge in [-0.2, -0.15) is 8.42 Å². The van der Waals surface area contributed by atoms with Gasteiger partial charge in [-0.25, -0.2) is 13.8 Å². The number of alkyl carbamates (subject to hydrolysis) is 1. The van der Waals surface area contributed by atoms with Gasteiger partial charge in [0.15, 0.2) is 18.8 Å². The molecule has 7 aromatic rings. The number of hydrogen-bond acceptors (Lipinski definition) is 20. The summed E-state index contributed by atoms with van der Waals surface area (Å²) in [6, 6.07) is 57.7. The Morgan fingerprint density at radius 3 is 1.52 bits per heavy atom. The van der Waals surface area contributed by atoms with Crippen molar-refractivity contribution in [2.45, 2.75) is 144 Å². The van der Waals surface area contributed by atoms with Gasteiger partial charge in [0.25, 0.3) is 0 Å². The molecule has 4 aliphatic rings. The molecular formula is C73H79N3O22S. The Hall–Kier alpha value is -8.39. The molecule has 3 amide bonds. The zero-order valence-corrected chi connectivity index (χ0v) is 54.7. The quantitative estimate of drug-likeness (QED) is 0.0223. The molecule has 3 fully saturated rings. The molecule has 25 nitrogen and oxygen atoms in total. The normalized spacial score (nSPS) is 25.5. The molecule has 0 aromatic heterocycles. The summed E-state index contributed by atoms with van der Waals surface area (Å²) in [5.41, 5.74) is 7.55. The van der Waals surface area contributed by atoms with Crippen molar-refractivity contribution in [1.82, 2.24) is 16.0 Å². The van der Waals surface area contributed by atoms with Crippen LogP contribution in [0, 0.1) is 0 Å². The highest BCUT2D eigenvalue weighted by Crippen LogP contribution is 2.45. The van der Waals surface area contributed by atoms with Crippen LogP contribution in [0.25, 0.3) is 11.1 Å². The van der Waals surface area contributed by atoms with E-state index in [4.69, 9.17) is 56.3 Å². The maximum atomic E-state index is 14.7.